The lowest BCUT2D eigenvalue weighted by atomic mass is 9.96. The average Bonchev–Trinajstić information content (AvgIpc) is 3.51. The van der Waals surface area contributed by atoms with E-state index in [2.05, 4.69) is 30.5 Å². The molecule has 1 aromatic carbocycles. The van der Waals surface area contributed by atoms with E-state index in [4.69, 9.17) is 0 Å². The Balaban J connectivity index is 1.83. The number of fused-ring (bicyclic) bond motifs is 1. The number of pyridine rings is 1. The summed E-state index contributed by atoms with van der Waals surface area (Å²) in [6.45, 7) is 6.78. The second-order valence-electron chi connectivity index (χ2n) is 9.49. The van der Waals surface area contributed by atoms with Gasteiger partial charge >= 0.3 is 0 Å². The summed E-state index contributed by atoms with van der Waals surface area (Å²) >= 11 is 0. The van der Waals surface area contributed by atoms with Gasteiger partial charge in [0.1, 0.15) is 11.5 Å². The first-order valence-corrected chi connectivity index (χ1v) is 12.0. The van der Waals surface area contributed by atoms with E-state index in [1.165, 1.54) is 24.4 Å². The predicted octanol–water partition coefficient (Wildman–Crippen LogP) is 5.41. The fourth-order valence-corrected chi connectivity index (χ4v) is 5.22. The number of hydrogen-bond acceptors (Lipinski definition) is 3. The molecule has 0 radical (unpaired) electrons. The van der Waals surface area contributed by atoms with Gasteiger partial charge in [0.2, 0.25) is 10.0 Å². The van der Waals surface area contributed by atoms with Crippen LogP contribution >= 0.6 is 0 Å². The molecular formula is C23H26F3N3O2S. The van der Waals surface area contributed by atoms with Gasteiger partial charge in [0, 0.05) is 47.5 Å². The van der Waals surface area contributed by atoms with Crippen molar-refractivity contribution in [2.24, 2.45) is 5.41 Å². The van der Waals surface area contributed by atoms with Crippen LogP contribution in [0.4, 0.5) is 13.2 Å². The smallest absolute Gasteiger partial charge is 0.280 e. The van der Waals surface area contributed by atoms with E-state index < -0.39 is 28.0 Å². The van der Waals surface area contributed by atoms with Crippen molar-refractivity contribution in [1.82, 2.24) is 14.3 Å². The Morgan fingerprint density at radius 3 is 2.56 bits per heavy atom. The minimum Gasteiger partial charge on any atom is -0.347 e. The van der Waals surface area contributed by atoms with Crippen molar-refractivity contribution >= 4 is 20.9 Å². The number of halogens is 3. The summed E-state index contributed by atoms with van der Waals surface area (Å²) in [6.07, 6.45) is 1.53. The zero-order valence-electron chi connectivity index (χ0n) is 18.2. The molecule has 1 aliphatic rings. The number of nitrogens with zero attached hydrogens (tertiary/aromatic N) is 2. The van der Waals surface area contributed by atoms with Gasteiger partial charge in [0.25, 0.3) is 6.43 Å². The Bertz CT molecular complexity index is 1260. The highest BCUT2D eigenvalue weighted by Gasteiger charge is 2.35. The molecule has 4 rings (SSSR count). The van der Waals surface area contributed by atoms with E-state index in [1.54, 1.807) is 6.07 Å². The lowest BCUT2D eigenvalue weighted by molar-refractivity contribution is 0.147. The Labute approximate surface area is 185 Å². The molecule has 0 atom stereocenters. The maximum atomic E-state index is 15.2. The highest BCUT2D eigenvalue weighted by atomic mass is 32.2. The first kappa shape index (κ1) is 22.8. The number of sulfonamides is 1. The molecule has 3 aromatic rings. The van der Waals surface area contributed by atoms with Crippen LogP contribution in [0.25, 0.3) is 22.0 Å². The standard InChI is InChI=1S/C23H26F3N3O2S/c1-23(2,3)13-29-12-14(11-28-32(30,31)15-6-7-15)17-9-19(24)18(10-20(17)29)16-5-4-8-27-21(16)22(25)26/h4-5,8-10,12,15,22,28H,6-7,11,13H2,1-3H3. The van der Waals surface area contributed by atoms with E-state index in [0.717, 1.165) is 0 Å². The van der Waals surface area contributed by atoms with Gasteiger partial charge in [-0.05, 0) is 42.0 Å². The zero-order valence-corrected chi connectivity index (χ0v) is 19.0. The fraction of sp³-hybridized carbons (Fsp3) is 0.435. The molecule has 1 aliphatic carbocycles. The van der Waals surface area contributed by atoms with Crippen molar-refractivity contribution in [2.75, 3.05) is 0 Å². The summed E-state index contributed by atoms with van der Waals surface area (Å²) in [5.41, 5.74) is 0.784. The summed E-state index contributed by atoms with van der Waals surface area (Å²) < 4.78 is 71.3. The van der Waals surface area contributed by atoms with Crippen molar-refractivity contribution in [2.45, 2.75) is 58.4 Å². The summed E-state index contributed by atoms with van der Waals surface area (Å²) in [4.78, 5) is 3.74. The maximum absolute atomic E-state index is 15.2. The van der Waals surface area contributed by atoms with Gasteiger partial charge in [-0.15, -0.1) is 0 Å². The number of benzene rings is 1. The van der Waals surface area contributed by atoms with Crippen LogP contribution in [0.1, 0.15) is 51.3 Å². The number of alkyl halides is 2. The number of nitrogens with one attached hydrogen (secondary N) is 1. The van der Waals surface area contributed by atoms with Crippen molar-refractivity contribution in [3.63, 3.8) is 0 Å². The Hall–Kier alpha value is -2.39. The van der Waals surface area contributed by atoms with Crippen molar-refractivity contribution in [1.29, 1.82) is 0 Å². The van der Waals surface area contributed by atoms with Gasteiger partial charge in [-0.3, -0.25) is 4.98 Å². The van der Waals surface area contributed by atoms with Gasteiger partial charge in [-0.25, -0.2) is 26.3 Å². The second kappa shape index (κ2) is 8.19. The molecule has 0 saturated heterocycles. The third-order valence-electron chi connectivity index (χ3n) is 5.46. The lowest BCUT2D eigenvalue weighted by Crippen LogP contribution is -2.26. The Kier molecular flexibility index (Phi) is 5.83. The number of rotatable bonds is 7. The fourth-order valence-electron chi connectivity index (χ4n) is 3.87. The third-order valence-corrected chi connectivity index (χ3v) is 7.36. The zero-order chi connectivity index (χ0) is 23.3. The Morgan fingerprint density at radius 1 is 1.22 bits per heavy atom. The van der Waals surface area contributed by atoms with Crippen LogP contribution < -0.4 is 4.72 Å². The van der Waals surface area contributed by atoms with Gasteiger partial charge in [-0.2, -0.15) is 0 Å². The molecule has 2 aromatic heterocycles. The molecule has 5 nitrogen and oxygen atoms in total. The van der Waals surface area contributed by atoms with E-state index in [-0.39, 0.29) is 28.3 Å². The van der Waals surface area contributed by atoms with E-state index in [0.29, 0.717) is 35.9 Å². The molecule has 1 N–H and O–H groups in total. The van der Waals surface area contributed by atoms with Gasteiger partial charge in [-0.1, -0.05) is 26.8 Å². The Morgan fingerprint density at radius 2 is 1.94 bits per heavy atom. The van der Waals surface area contributed by atoms with Gasteiger partial charge < -0.3 is 4.57 Å². The maximum Gasteiger partial charge on any atom is 0.280 e. The van der Waals surface area contributed by atoms with Crippen LogP contribution in [0.2, 0.25) is 0 Å². The van der Waals surface area contributed by atoms with Gasteiger partial charge in [0.15, 0.2) is 0 Å². The quantitative estimate of drug-likeness (QED) is 0.508. The first-order valence-electron chi connectivity index (χ1n) is 10.5. The minimum absolute atomic E-state index is 0.0410. The second-order valence-corrected chi connectivity index (χ2v) is 11.5. The minimum atomic E-state index is -3.40. The monoisotopic (exact) mass is 465 g/mol. The number of aromatic nitrogens is 2. The first-order chi connectivity index (χ1) is 15.0. The van der Waals surface area contributed by atoms with E-state index in [1.807, 2.05) is 10.8 Å². The van der Waals surface area contributed by atoms with Crippen LogP contribution in [-0.4, -0.2) is 23.2 Å². The van der Waals surface area contributed by atoms with Crippen molar-refractivity contribution in [3.05, 3.63) is 53.7 Å². The SMILES string of the molecule is CC(C)(C)Cn1cc(CNS(=O)(=O)C2CC2)c2cc(F)c(-c3cccnc3C(F)F)cc21. The van der Waals surface area contributed by atoms with E-state index in [9.17, 15) is 17.2 Å². The van der Waals surface area contributed by atoms with Crippen LogP contribution in [0.5, 0.6) is 0 Å². The molecule has 0 aliphatic heterocycles. The molecule has 0 unspecified atom stereocenters. The van der Waals surface area contributed by atoms with Gasteiger partial charge in [0.05, 0.1) is 5.25 Å². The van der Waals surface area contributed by atoms with Crippen LogP contribution in [0.3, 0.4) is 0 Å². The molecule has 1 saturated carbocycles. The third kappa shape index (κ3) is 4.68. The summed E-state index contributed by atoms with van der Waals surface area (Å²) in [5.74, 6) is -0.660. The lowest BCUT2D eigenvalue weighted by Gasteiger charge is -2.20. The highest BCUT2D eigenvalue weighted by Crippen LogP contribution is 2.36. The topological polar surface area (TPSA) is 64.0 Å². The van der Waals surface area contributed by atoms with Crippen LogP contribution in [-0.2, 0) is 23.1 Å². The average molecular weight is 466 g/mol. The van der Waals surface area contributed by atoms with E-state index >= 15 is 4.39 Å². The molecular weight excluding hydrogens is 439 g/mol. The normalized spacial score (nSPS) is 15.1. The number of hydrogen-bond donors (Lipinski definition) is 1. The molecule has 0 spiro atoms. The van der Waals surface area contributed by atoms with Crippen LogP contribution in [0, 0.1) is 11.2 Å². The van der Waals surface area contributed by atoms with Crippen LogP contribution in [0.15, 0.2) is 36.7 Å². The van der Waals surface area contributed by atoms with Crippen molar-refractivity contribution in [3.8, 4) is 11.1 Å². The molecule has 9 heteroatoms. The molecule has 1 fully saturated rings. The van der Waals surface area contributed by atoms with Crippen molar-refractivity contribution < 1.29 is 21.6 Å². The molecule has 32 heavy (non-hydrogen) atoms. The molecule has 0 bridgehead atoms. The summed E-state index contributed by atoms with van der Waals surface area (Å²) in [5, 5.41) is 0.198. The molecule has 172 valence electrons. The highest BCUT2D eigenvalue weighted by molar-refractivity contribution is 7.90. The predicted molar refractivity (Wildman–Crippen MR) is 118 cm³/mol. The molecule has 2 heterocycles. The summed E-state index contributed by atoms with van der Waals surface area (Å²) in [6, 6.07) is 5.78. The summed E-state index contributed by atoms with van der Waals surface area (Å²) in [7, 11) is -3.40. The largest absolute Gasteiger partial charge is 0.347 e. The molecule has 0 amide bonds.